The molecule has 2 rings (SSSR count). The Kier molecular flexibility index (Phi) is 4.09. The summed E-state index contributed by atoms with van der Waals surface area (Å²) in [6, 6.07) is 7.17. The summed E-state index contributed by atoms with van der Waals surface area (Å²) in [6.07, 6.45) is 1.35. The predicted molar refractivity (Wildman–Crippen MR) is 68.2 cm³/mol. The summed E-state index contributed by atoms with van der Waals surface area (Å²) in [5.74, 6) is -1.53. The van der Waals surface area contributed by atoms with Gasteiger partial charge < -0.3 is 9.84 Å². The normalized spacial score (nSPS) is 10.2. The highest BCUT2D eigenvalue weighted by atomic mass is 16.5. The van der Waals surface area contributed by atoms with Crippen molar-refractivity contribution in [3.8, 4) is 0 Å². The zero-order chi connectivity index (χ0) is 14.5. The lowest BCUT2D eigenvalue weighted by Gasteiger charge is -2.07. The summed E-state index contributed by atoms with van der Waals surface area (Å²) in [7, 11) is 1.26. The molecule has 0 fully saturated rings. The van der Waals surface area contributed by atoms with Gasteiger partial charge in [0.25, 0.3) is 5.82 Å². The van der Waals surface area contributed by atoms with E-state index in [4.69, 9.17) is 5.11 Å². The van der Waals surface area contributed by atoms with Crippen LogP contribution in [0.25, 0.3) is 0 Å². The van der Waals surface area contributed by atoms with Gasteiger partial charge in [0.2, 0.25) is 0 Å². The van der Waals surface area contributed by atoms with E-state index in [1.807, 2.05) is 12.1 Å². The van der Waals surface area contributed by atoms with Crippen LogP contribution in [0.1, 0.15) is 21.7 Å². The Bertz CT molecular complexity index is 636. The SMILES string of the molecule is COC(=O)c1ncn(Cc2ccccc2CC(=O)O)n1. The van der Waals surface area contributed by atoms with Crippen LogP contribution < -0.4 is 0 Å². The van der Waals surface area contributed by atoms with E-state index in [0.29, 0.717) is 12.1 Å². The van der Waals surface area contributed by atoms with Crippen LogP contribution in [0.4, 0.5) is 0 Å². The number of ether oxygens (including phenoxy) is 1. The van der Waals surface area contributed by atoms with E-state index < -0.39 is 11.9 Å². The van der Waals surface area contributed by atoms with Gasteiger partial charge in [0, 0.05) is 0 Å². The minimum atomic E-state index is -0.897. The third kappa shape index (κ3) is 3.19. The van der Waals surface area contributed by atoms with Crippen LogP contribution in [0, 0.1) is 0 Å². The summed E-state index contributed by atoms with van der Waals surface area (Å²) in [4.78, 5) is 25.9. The molecule has 0 radical (unpaired) electrons. The Labute approximate surface area is 114 Å². The molecule has 1 N–H and O–H groups in total. The summed E-state index contributed by atoms with van der Waals surface area (Å²) in [5, 5.41) is 12.9. The van der Waals surface area contributed by atoms with Crippen molar-refractivity contribution in [1.29, 1.82) is 0 Å². The molecule has 0 aliphatic rings. The molecule has 7 nitrogen and oxygen atoms in total. The van der Waals surface area contributed by atoms with Crippen LogP contribution in [0.2, 0.25) is 0 Å². The highest BCUT2D eigenvalue weighted by molar-refractivity contribution is 5.84. The Morgan fingerprint density at radius 1 is 1.30 bits per heavy atom. The minimum absolute atomic E-state index is 0.0248. The Hall–Kier alpha value is -2.70. The van der Waals surface area contributed by atoms with Crippen LogP contribution in [0.15, 0.2) is 30.6 Å². The molecule has 0 unspecified atom stereocenters. The quantitative estimate of drug-likeness (QED) is 0.809. The van der Waals surface area contributed by atoms with Gasteiger partial charge in [-0.15, -0.1) is 5.10 Å². The molecule has 20 heavy (non-hydrogen) atoms. The Balaban J connectivity index is 2.19. The number of carbonyl (C=O) groups is 2. The van der Waals surface area contributed by atoms with Gasteiger partial charge in [-0.2, -0.15) is 0 Å². The molecule has 0 aliphatic heterocycles. The number of carbonyl (C=O) groups excluding carboxylic acids is 1. The molecule has 1 aromatic carbocycles. The number of aromatic nitrogens is 3. The average Bonchev–Trinajstić information content (AvgIpc) is 2.88. The van der Waals surface area contributed by atoms with Gasteiger partial charge in [-0.25, -0.2) is 14.5 Å². The number of carboxylic acid groups (broad SMARTS) is 1. The summed E-state index contributed by atoms with van der Waals surface area (Å²) >= 11 is 0. The van der Waals surface area contributed by atoms with E-state index >= 15 is 0 Å². The number of methoxy groups -OCH3 is 1. The summed E-state index contributed by atoms with van der Waals surface area (Å²) in [5.41, 5.74) is 1.52. The molecule has 0 spiro atoms. The molecule has 2 aromatic rings. The largest absolute Gasteiger partial charge is 0.481 e. The highest BCUT2D eigenvalue weighted by Gasteiger charge is 2.12. The first-order valence-corrected chi connectivity index (χ1v) is 5.86. The second-order valence-corrected chi connectivity index (χ2v) is 4.10. The Morgan fingerprint density at radius 3 is 2.65 bits per heavy atom. The second-order valence-electron chi connectivity index (χ2n) is 4.10. The first-order valence-electron chi connectivity index (χ1n) is 5.86. The molecule has 0 atom stereocenters. The van der Waals surface area contributed by atoms with Gasteiger partial charge in [-0.05, 0) is 11.1 Å². The standard InChI is InChI=1S/C13H13N3O4/c1-20-13(19)12-14-8-16(15-12)7-10-5-3-2-4-9(10)6-11(17)18/h2-5,8H,6-7H2,1H3,(H,17,18). The first kappa shape index (κ1) is 13.7. The van der Waals surface area contributed by atoms with Crippen molar-refractivity contribution in [1.82, 2.24) is 14.8 Å². The Morgan fingerprint density at radius 2 is 2.00 bits per heavy atom. The molecule has 7 heteroatoms. The van der Waals surface area contributed by atoms with Crippen molar-refractivity contribution in [2.45, 2.75) is 13.0 Å². The maximum Gasteiger partial charge on any atom is 0.377 e. The highest BCUT2D eigenvalue weighted by Crippen LogP contribution is 2.11. The molecule has 1 heterocycles. The number of hydrogen-bond acceptors (Lipinski definition) is 5. The minimum Gasteiger partial charge on any atom is -0.481 e. The zero-order valence-corrected chi connectivity index (χ0v) is 10.8. The molecule has 104 valence electrons. The smallest absolute Gasteiger partial charge is 0.377 e. The lowest BCUT2D eigenvalue weighted by atomic mass is 10.0. The van der Waals surface area contributed by atoms with Crippen LogP contribution in [-0.2, 0) is 22.5 Å². The number of esters is 1. The summed E-state index contributed by atoms with van der Waals surface area (Å²) in [6.45, 7) is 0.341. The molecule has 1 aromatic heterocycles. The van der Waals surface area contributed by atoms with Crippen molar-refractivity contribution in [3.63, 3.8) is 0 Å². The third-order valence-electron chi connectivity index (χ3n) is 2.70. The van der Waals surface area contributed by atoms with Gasteiger partial charge in [-0.3, -0.25) is 4.79 Å². The van der Waals surface area contributed by atoms with Crippen molar-refractivity contribution < 1.29 is 19.4 Å². The van der Waals surface area contributed by atoms with E-state index in [1.54, 1.807) is 12.1 Å². The zero-order valence-electron chi connectivity index (χ0n) is 10.8. The van der Waals surface area contributed by atoms with E-state index in [9.17, 15) is 9.59 Å². The molecule has 0 saturated heterocycles. The number of rotatable bonds is 5. The molecule has 0 amide bonds. The van der Waals surface area contributed by atoms with Crippen LogP contribution in [0.3, 0.4) is 0 Å². The predicted octanol–water partition coefficient (Wildman–Crippen LogP) is 0.740. The van der Waals surface area contributed by atoms with E-state index in [0.717, 1.165) is 5.56 Å². The van der Waals surface area contributed by atoms with Gasteiger partial charge in [0.1, 0.15) is 6.33 Å². The molecule has 0 bridgehead atoms. The summed E-state index contributed by atoms with van der Waals surface area (Å²) < 4.78 is 5.99. The first-order chi connectivity index (χ1) is 9.60. The number of benzene rings is 1. The van der Waals surface area contributed by atoms with Crippen molar-refractivity contribution in [2.24, 2.45) is 0 Å². The number of carboxylic acids is 1. The topological polar surface area (TPSA) is 94.3 Å². The van der Waals surface area contributed by atoms with Crippen molar-refractivity contribution in [2.75, 3.05) is 7.11 Å². The van der Waals surface area contributed by atoms with E-state index in [1.165, 1.54) is 18.1 Å². The number of nitrogens with zero attached hydrogens (tertiary/aromatic N) is 3. The second kappa shape index (κ2) is 5.96. The van der Waals surface area contributed by atoms with Crippen LogP contribution in [0.5, 0.6) is 0 Å². The third-order valence-corrected chi connectivity index (χ3v) is 2.70. The van der Waals surface area contributed by atoms with Gasteiger partial charge in [-0.1, -0.05) is 24.3 Å². The van der Waals surface area contributed by atoms with E-state index in [-0.39, 0.29) is 12.2 Å². The van der Waals surface area contributed by atoms with Gasteiger partial charge >= 0.3 is 11.9 Å². The fourth-order valence-corrected chi connectivity index (χ4v) is 1.78. The fraction of sp³-hybridized carbons (Fsp3) is 0.231. The maximum absolute atomic E-state index is 11.3. The molecular formula is C13H13N3O4. The van der Waals surface area contributed by atoms with E-state index in [2.05, 4.69) is 14.8 Å². The molecule has 0 aliphatic carbocycles. The molecule has 0 saturated carbocycles. The average molecular weight is 275 g/mol. The van der Waals surface area contributed by atoms with Crippen molar-refractivity contribution >= 4 is 11.9 Å². The fourth-order valence-electron chi connectivity index (χ4n) is 1.78. The molecular weight excluding hydrogens is 262 g/mol. The maximum atomic E-state index is 11.3. The van der Waals surface area contributed by atoms with Gasteiger partial charge in [0.05, 0.1) is 20.1 Å². The monoisotopic (exact) mass is 275 g/mol. The van der Waals surface area contributed by atoms with Gasteiger partial charge in [0.15, 0.2) is 0 Å². The number of aliphatic carboxylic acids is 1. The van der Waals surface area contributed by atoms with Crippen molar-refractivity contribution in [3.05, 3.63) is 47.5 Å². The van der Waals surface area contributed by atoms with Crippen LogP contribution in [-0.4, -0.2) is 38.9 Å². The van der Waals surface area contributed by atoms with Crippen LogP contribution >= 0.6 is 0 Å². The lowest BCUT2D eigenvalue weighted by molar-refractivity contribution is -0.136. The number of hydrogen-bond donors (Lipinski definition) is 1. The lowest BCUT2D eigenvalue weighted by Crippen LogP contribution is -2.09.